The van der Waals surface area contributed by atoms with Crippen molar-refractivity contribution in [1.82, 2.24) is 0 Å². The lowest BCUT2D eigenvalue weighted by Crippen LogP contribution is -2.40. The minimum absolute atomic E-state index is 0.671. The van der Waals surface area contributed by atoms with Crippen LogP contribution in [0.3, 0.4) is 0 Å². The summed E-state index contributed by atoms with van der Waals surface area (Å²) in [5.41, 5.74) is 4.29. The van der Waals surface area contributed by atoms with Crippen molar-refractivity contribution in [1.29, 1.82) is 0 Å². The van der Waals surface area contributed by atoms with Crippen LogP contribution in [0.15, 0.2) is 17.5 Å². The maximum absolute atomic E-state index is 10.6. The molecule has 3 N–H and O–H groups in total. The summed E-state index contributed by atoms with van der Waals surface area (Å²) < 4.78 is 0. The van der Waals surface area contributed by atoms with Gasteiger partial charge in [0.1, 0.15) is 5.54 Å². The van der Waals surface area contributed by atoms with Crippen LogP contribution in [-0.2, 0) is 10.3 Å². The van der Waals surface area contributed by atoms with Gasteiger partial charge in [0.15, 0.2) is 0 Å². The van der Waals surface area contributed by atoms with Crippen LogP contribution in [0.1, 0.15) is 11.8 Å². The van der Waals surface area contributed by atoms with E-state index in [9.17, 15) is 4.79 Å². The second kappa shape index (κ2) is 2.64. The lowest BCUT2D eigenvalue weighted by Gasteiger charge is -2.16. The normalized spacial score (nSPS) is 15.8. The van der Waals surface area contributed by atoms with E-state index < -0.39 is 11.5 Å². The van der Waals surface area contributed by atoms with Gasteiger partial charge in [-0.05, 0) is 18.4 Å². The van der Waals surface area contributed by atoms with Gasteiger partial charge in [-0.2, -0.15) is 0 Å². The number of aliphatic carboxylic acids is 1. The van der Waals surface area contributed by atoms with E-state index >= 15 is 0 Å². The Kier molecular flexibility index (Phi) is 1.97. The minimum Gasteiger partial charge on any atom is -0.480 e. The molecule has 3 nitrogen and oxygen atoms in total. The summed E-state index contributed by atoms with van der Waals surface area (Å²) in [7, 11) is 0. The van der Waals surface area contributed by atoms with Crippen LogP contribution < -0.4 is 5.73 Å². The van der Waals surface area contributed by atoms with E-state index in [1.54, 1.807) is 12.1 Å². The SMILES string of the molecule is C[C@@](N)(C(=O)O)c1cccs1. The first-order valence-corrected chi connectivity index (χ1v) is 3.99. The molecule has 0 saturated heterocycles. The standard InChI is InChI=1S/C7H9NO2S/c1-7(8,6(9)10)5-3-2-4-11-5/h2-4H,8H2,1H3,(H,9,10)/t7-/m0/s1. The summed E-state index contributed by atoms with van der Waals surface area (Å²) in [5, 5.41) is 10.5. The topological polar surface area (TPSA) is 63.3 Å². The Morgan fingerprint density at radius 3 is 2.82 bits per heavy atom. The molecule has 0 fully saturated rings. The first-order chi connectivity index (χ1) is 5.05. The van der Waals surface area contributed by atoms with Crippen LogP contribution in [0.5, 0.6) is 0 Å². The van der Waals surface area contributed by atoms with E-state index in [4.69, 9.17) is 10.8 Å². The van der Waals surface area contributed by atoms with Gasteiger partial charge in [0.05, 0.1) is 0 Å². The summed E-state index contributed by atoms with van der Waals surface area (Å²) in [5.74, 6) is -1.00. The van der Waals surface area contributed by atoms with Crippen molar-refractivity contribution in [2.45, 2.75) is 12.5 Å². The van der Waals surface area contributed by atoms with Gasteiger partial charge in [0.2, 0.25) is 0 Å². The number of carboxylic acid groups (broad SMARTS) is 1. The fourth-order valence-electron chi connectivity index (χ4n) is 0.679. The third-order valence-corrected chi connectivity index (χ3v) is 2.58. The Morgan fingerprint density at radius 2 is 2.45 bits per heavy atom. The van der Waals surface area contributed by atoms with Gasteiger partial charge in [-0.25, -0.2) is 4.79 Å². The zero-order valence-electron chi connectivity index (χ0n) is 6.07. The molecule has 1 aromatic heterocycles. The molecule has 0 aliphatic carbocycles. The van der Waals surface area contributed by atoms with E-state index in [0.717, 1.165) is 0 Å². The number of hydrogen-bond donors (Lipinski definition) is 2. The average molecular weight is 171 g/mol. The van der Waals surface area contributed by atoms with Gasteiger partial charge in [-0.1, -0.05) is 6.07 Å². The molecule has 11 heavy (non-hydrogen) atoms. The van der Waals surface area contributed by atoms with Crippen LogP contribution >= 0.6 is 11.3 Å². The molecule has 0 bridgehead atoms. The molecule has 1 aromatic rings. The fourth-order valence-corrected chi connectivity index (χ4v) is 1.47. The van der Waals surface area contributed by atoms with Crippen LogP contribution in [0.25, 0.3) is 0 Å². The Morgan fingerprint density at radius 1 is 1.82 bits per heavy atom. The van der Waals surface area contributed by atoms with Gasteiger partial charge in [0, 0.05) is 4.88 Å². The summed E-state index contributed by atoms with van der Waals surface area (Å²) in [6, 6.07) is 3.51. The van der Waals surface area contributed by atoms with Crippen molar-refractivity contribution < 1.29 is 9.90 Å². The third kappa shape index (κ3) is 1.41. The maximum Gasteiger partial charge on any atom is 0.328 e. The molecule has 0 saturated carbocycles. The zero-order valence-corrected chi connectivity index (χ0v) is 6.89. The lowest BCUT2D eigenvalue weighted by atomic mass is 10.0. The minimum atomic E-state index is -1.24. The van der Waals surface area contributed by atoms with E-state index in [1.807, 2.05) is 5.38 Å². The molecule has 1 rings (SSSR count). The van der Waals surface area contributed by atoms with Gasteiger partial charge in [-0.3, -0.25) is 0 Å². The predicted molar refractivity (Wildman–Crippen MR) is 43.5 cm³/mol. The summed E-state index contributed by atoms with van der Waals surface area (Å²) in [6.07, 6.45) is 0. The quantitative estimate of drug-likeness (QED) is 0.698. The number of nitrogens with two attached hydrogens (primary N) is 1. The number of carboxylic acids is 1. The first kappa shape index (κ1) is 8.23. The van der Waals surface area contributed by atoms with Crippen LogP contribution in [0, 0.1) is 0 Å². The second-order valence-corrected chi connectivity index (χ2v) is 3.43. The van der Waals surface area contributed by atoms with Gasteiger partial charge >= 0.3 is 5.97 Å². The molecule has 0 unspecified atom stereocenters. The molecular formula is C7H9NO2S. The highest BCUT2D eigenvalue weighted by atomic mass is 32.1. The Hall–Kier alpha value is -0.870. The third-order valence-electron chi connectivity index (χ3n) is 1.48. The largest absolute Gasteiger partial charge is 0.480 e. The van der Waals surface area contributed by atoms with Crippen LogP contribution in [0.4, 0.5) is 0 Å². The molecule has 4 heteroatoms. The Bertz CT molecular complexity index is 253. The van der Waals surface area contributed by atoms with Gasteiger partial charge in [-0.15, -0.1) is 11.3 Å². The van der Waals surface area contributed by atoms with Crippen molar-refractivity contribution in [2.24, 2.45) is 5.73 Å². The van der Waals surface area contributed by atoms with Crippen molar-refractivity contribution in [3.63, 3.8) is 0 Å². The molecule has 0 aromatic carbocycles. The molecule has 0 spiro atoms. The highest BCUT2D eigenvalue weighted by Gasteiger charge is 2.30. The van der Waals surface area contributed by atoms with E-state index in [2.05, 4.69) is 0 Å². The molecule has 0 aliphatic rings. The monoisotopic (exact) mass is 171 g/mol. The number of hydrogen-bond acceptors (Lipinski definition) is 3. The molecule has 0 aliphatic heterocycles. The van der Waals surface area contributed by atoms with Crippen LogP contribution in [-0.4, -0.2) is 11.1 Å². The van der Waals surface area contributed by atoms with Crippen molar-refractivity contribution in [3.8, 4) is 0 Å². The zero-order chi connectivity index (χ0) is 8.48. The van der Waals surface area contributed by atoms with Crippen molar-refractivity contribution in [2.75, 3.05) is 0 Å². The smallest absolute Gasteiger partial charge is 0.328 e. The summed E-state index contributed by atoms with van der Waals surface area (Å²) in [4.78, 5) is 11.3. The molecule has 0 amide bonds. The molecule has 1 heterocycles. The lowest BCUT2D eigenvalue weighted by molar-refractivity contribution is -0.142. The van der Waals surface area contributed by atoms with E-state index in [1.165, 1.54) is 18.3 Å². The predicted octanol–water partition coefficient (Wildman–Crippen LogP) is 1.01. The van der Waals surface area contributed by atoms with E-state index in [0.29, 0.717) is 4.88 Å². The average Bonchev–Trinajstić information content (AvgIpc) is 2.37. The Labute approximate surface area is 68.5 Å². The summed E-state index contributed by atoms with van der Waals surface area (Å²) in [6.45, 7) is 1.49. The van der Waals surface area contributed by atoms with Crippen LogP contribution in [0.2, 0.25) is 0 Å². The molecular weight excluding hydrogens is 162 g/mol. The second-order valence-electron chi connectivity index (χ2n) is 2.48. The van der Waals surface area contributed by atoms with Crippen molar-refractivity contribution in [3.05, 3.63) is 22.4 Å². The highest BCUT2D eigenvalue weighted by Crippen LogP contribution is 2.22. The van der Waals surface area contributed by atoms with Crippen molar-refractivity contribution >= 4 is 17.3 Å². The molecule has 1 atom stereocenters. The molecule has 0 radical (unpaired) electrons. The first-order valence-electron chi connectivity index (χ1n) is 3.11. The molecule has 60 valence electrons. The maximum atomic E-state index is 10.6. The van der Waals surface area contributed by atoms with E-state index in [-0.39, 0.29) is 0 Å². The number of rotatable bonds is 2. The highest BCUT2D eigenvalue weighted by molar-refractivity contribution is 7.10. The van der Waals surface area contributed by atoms with Gasteiger partial charge in [0.25, 0.3) is 0 Å². The van der Waals surface area contributed by atoms with Gasteiger partial charge < -0.3 is 10.8 Å². The Balaban J connectivity index is 3.00. The number of thiophene rings is 1. The summed E-state index contributed by atoms with van der Waals surface area (Å²) >= 11 is 1.35. The number of carbonyl (C=O) groups is 1. The fraction of sp³-hybridized carbons (Fsp3) is 0.286.